The average Bonchev–Trinajstić information content (AvgIpc) is 2.85. The first kappa shape index (κ1) is 15.2. The highest BCUT2D eigenvalue weighted by Gasteiger charge is 2.16. The van der Waals surface area contributed by atoms with Gasteiger partial charge in [0, 0.05) is 19.8 Å². The Bertz CT molecular complexity index is 641. The molecule has 0 aliphatic rings. The van der Waals surface area contributed by atoms with Gasteiger partial charge in [0.25, 0.3) is 5.91 Å². The van der Waals surface area contributed by atoms with E-state index in [4.69, 9.17) is 11.6 Å². The van der Waals surface area contributed by atoms with Crippen LogP contribution in [0, 0.1) is 6.92 Å². The van der Waals surface area contributed by atoms with Gasteiger partial charge in [0.05, 0.1) is 17.1 Å². The number of nitrogens with zero attached hydrogens (tertiary/aromatic N) is 4. The molecule has 0 fully saturated rings. The number of hydrogen-bond acceptors (Lipinski definition) is 5. The largest absolute Gasteiger partial charge is 0.369 e. The third kappa shape index (κ3) is 3.69. The van der Waals surface area contributed by atoms with E-state index in [0.29, 0.717) is 41.1 Å². The van der Waals surface area contributed by atoms with Crippen molar-refractivity contribution >= 4 is 23.3 Å². The van der Waals surface area contributed by atoms with Gasteiger partial charge in [-0.3, -0.25) is 9.89 Å². The van der Waals surface area contributed by atoms with Crippen LogP contribution < -0.4 is 5.32 Å². The molecule has 112 valence electrons. The molecule has 21 heavy (non-hydrogen) atoms. The first-order valence-electron chi connectivity index (χ1n) is 6.54. The zero-order valence-corrected chi connectivity index (χ0v) is 12.9. The molecule has 0 spiro atoms. The summed E-state index contributed by atoms with van der Waals surface area (Å²) in [5, 5.41) is 10.2. The van der Waals surface area contributed by atoms with Crippen molar-refractivity contribution in [3.63, 3.8) is 0 Å². The molecular weight excluding hydrogens is 292 g/mol. The van der Waals surface area contributed by atoms with Crippen LogP contribution in [0.15, 0.2) is 12.3 Å². The molecule has 0 radical (unpaired) electrons. The highest BCUT2D eigenvalue weighted by atomic mass is 35.5. The third-order valence-corrected chi connectivity index (χ3v) is 3.09. The van der Waals surface area contributed by atoms with Crippen molar-refractivity contribution in [2.24, 2.45) is 0 Å². The van der Waals surface area contributed by atoms with E-state index in [9.17, 15) is 4.79 Å². The summed E-state index contributed by atoms with van der Waals surface area (Å²) in [5.74, 6) is 1.66. The summed E-state index contributed by atoms with van der Waals surface area (Å²) in [4.78, 5) is 22.2. The average molecular weight is 309 g/mol. The van der Waals surface area contributed by atoms with Gasteiger partial charge in [-0.1, -0.05) is 11.6 Å². The second-order valence-corrected chi connectivity index (χ2v) is 4.99. The molecule has 0 atom stereocenters. The molecule has 0 aromatic carbocycles. The SMILES string of the molecule is CCNc1ncc(C(=O)N(C)Cc2n[nH]c(C)n2)cc1Cl. The first-order valence-corrected chi connectivity index (χ1v) is 6.91. The predicted molar refractivity (Wildman–Crippen MR) is 80.3 cm³/mol. The van der Waals surface area contributed by atoms with Crippen molar-refractivity contribution in [2.75, 3.05) is 18.9 Å². The van der Waals surface area contributed by atoms with Gasteiger partial charge in [0.15, 0.2) is 5.82 Å². The minimum absolute atomic E-state index is 0.185. The van der Waals surface area contributed by atoms with Gasteiger partial charge in [-0.15, -0.1) is 0 Å². The zero-order chi connectivity index (χ0) is 15.4. The van der Waals surface area contributed by atoms with Crippen LogP contribution in [0.3, 0.4) is 0 Å². The molecule has 7 nitrogen and oxygen atoms in total. The van der Waals surface area contributed by atoms with Gasteiger partial charge >= 0.3 is 0 Å². The van der Waals surface area contributed by atoms with Crippen LogP contribution in [0.1, 0.15) is 28.9 Å². The van der Waals surface area contributed by atoms with E-state index in [1.165, 1.54) is 11.1 Å². The van der Waals surface area contributed by atoms with Crippen LogP contribution in [0.25, 0.3) is 0 Å². The Kier molecular flexibility index (Phi) is 4.74. The topological polar surface area (TPSA) is 86.8 Å². The third-order valence-electron chi connectivity index (χ3n) is 2.80. The van der Waals surface area contributed by atoms with Crippen LogP contribution in [0.2, 0.25) is 5.02 Å². The Balaban J connectivity index is 2.10. The number of aryl methyl sites for hydroxylation is 1. The molecule has 0 unspecified atom stereocenters. The molecule has 2 heterocycles. The second kappa shape index (κ2) is 6.53. The maximum atomic E-state index is 12.3. The van der Waals surface area contributed by atoms with E-state index in [1.807, 2.05) is 13.8 Å². The van der Waals surface area contributed by atoms with Crippen molar-refractivity contribution in [2.45, 2.75) is 20.4 Å². The van der Waals surface area contributed by atoms with Crippen LogP contribution in [-0.4, -0.2) is 44.6 Å². The first-order chi connectivity index (χ1) is 10.0. The number of rotatable bonds is 5. The smallest absolute Gasteiger partial charge is 0.255 e. The molecule has 1 amide bonds. The van der Waals surface area contributed by atoms with E-state index in [1.54, 1.807) is 13.1 Å². The molecule has 0 saturated heterocycles. The van der Waals surface area contributed by atoms with Crippen LogP contribution in [0.4, 0.5) is 5.82 Å². The summed E-state index contributed by atoms with van der Waals surface area (Å²) in [6, 6.07) is 1.61. The number of aromatic amines is 1. The number of aromatic nitrogens is 4. The number of pyridine rings is 1. The lowest BCUT2D eigenvalue weighted by atomic mass is 10.2. The number of hydrogen-bond donors (Lipinski definition) is 2. The number of nitrogens with one attached hydrogen (secondary N) is 2. The maximum absolute atomic E-state index is 12.3. The molecule has 0 saturated carbocycles. The lowest BCUT2D eigenvalue weighted by molar-refractivity contribution is 0.0781. The Morgan fingerprint density at radius 2 is 2.29 bits per heavy atom. The minimum atomic E-state index is -0.185. The molecule has 2 N–H and O–H groups in total. The van der Waals surface area contributed by atoms with Gasteiger partial charge < -0.3 is 10.2 Å². The maximum Gasteiger partial charge on any atom is 0.255 e. The normalized spacial score (nSPS) is 10.5. The van der Waals surface area contributed by atoms with E-state index < -0.39 is 0 Å². The van der Waals surface area contributed by atoms with Crippen LogP contribution >= 0.6 is 11.6 Å². The number of anilines is 1. The number of carbonyl (C=O) groups excluding carboxylic acids is 1. The van der Waals surface area contributed by atoms with Crippen molar-refractivity contribution in [1.29, 1.82) is 0 Å². The predicted octanol–water partition coefficient (Wildman–Crippen LogP) is 1.87. The van der Waals surface area contributed by atoms with Crippen LogP contribution in [-0.2, 0) is 6.54 Å². The van der Waals surface area contributed by atoms with Gasteiger partial charge in [-0.25, -0.2) is 9.97 Å². The molecule has 2 aromatic heterocycles. The Morgan fingerprint density at radius 1 is 1.52 bits per heavy atom. The monoisotopic (exact) mass is 308 g/mol. The molecule has 0 aliphatic heterocycles. The Hall–Kier alpha value is -2.15. The van der Waals surface area contributed by atoms with E-state index >= 15 is 0 Å². The molecule has 0 bridgehead atoms. The highest BCUT2D eigenvalue weighted by molar-refractivity contribution is 6.33. The molecule has 0 aliphatic carbocycles. The molecule has 2 rings (SSSR count). The molecule has 2 aromatic rings. The summed E-state index contributed by atoms with van der Waals surface area (Å²) in [5.41, 5.74) is 0.427. The lowest BCUT2D eigenvalue weighted by Gasteiger charge is -2.15. The summed E-state index contributed by atoms with van der Waals surface area (Å²) < 4.78 is 0. The highest BCUT2D eigenvalue weighted by Crippen LogP contribution is 2.20. The van der Waals surface area contributed by atoms with Crippen LogP contribution in [0.5, 0.6) is 0 Å². The lowest BCUT2D eigenvalue weighted by Crippen LogP contribution is -2.27. The second-order valence-electron chi connectivity index (χ2n) is 4.58. The van der Waals surface area contributed by atoms with E-state index in [2.05, 4.69) is 25.5 Å². The summed E-state index contributed by atoms with van der Waals surface area (Å²) >= 11 is 6.10. The Labute approximate surface area is 127 Å². The fourth-order valence-corrected chi connectivity index (χ4v) is 2.05. The summed E-state index contributed by atoms with van der Waals surface area (Å²) in [6.07, 6.45) is 1.51. The molecule has 8 heteroatoms. The standard InChI is InChI=1S/C13H17ClN6O/c1-4-15-12-10(14)5-9(6-16-12)13(21)20(3)7-11-17-8(2)18-19-11/h5-6H,4,7H2,1-3H3,(H,15,16)(H,17,18,19). The number of H-pyrrole nitrogens is 1. The van der Waals surface area contributed by atoms with E-state index in [-0.39, 0.29) is 5.91 Å². The number of amides is 1. The Morgan fingerprint density at radius 3 is 2.86 bits per heavy atom. The number of halogens is 1. The number of carbonyl (C=O) groups is 1. The van der Waals surface area contributed by atoms with Crippen molar-refractivity contribution < 1.29 is 4.79 Å². The van der Waals surface area contributed by atoms with Crippen molar-refractivity contribution in [3.8, 4) is 0 Å². The fraction of sp³-hybridized carbons (Fsp3) is 0.385. The summed E-state index contributed by atoms with van der Waals surface area (Å²) in [6.45, 7) is 4.78. The molecular formula is C13H17ClN6O. The van der Waals surface area contributed by atoms with Gasteiger partial charge in [-0.05, 0) is 19.9 Å². The summed E-state index contributed by atoms with van der Waals surface area (Å²) in [7, 11) is 1.68. The fourth-order valence-electron chi connectivity index (χ4n) is 1.82. The zero-order valence-electron chi connectivity index (χ0n) is 12.1. The van der Waals surface area contributed by atoms with Gasteiger partial charge in [0.1, 0.15) is 11.6 Å². The van der Waals surface area contributed by atoms with Gasteiger partial charge in [0.2, 0.25) is 0 Å². The van der Waals surface area contributed by atoms with Crippen molar-refractivity contribution in [1.82, 2.24) is 25.1 Å². The van der Waals surface area contributed by atoms with Gasteiger partial charge in [-0.2, -0.15) is 5.10 Å². The van der Waals surface area contributed by atoms with Crippen molar-refractivity contribution in [3.05, 3.63) is 34.5 Å². The quantitative estimate of drug-likeness (QED) is 0.880. The van der Waals surface area contributed by atoms with E-state index in [0.717, 1.165) is 0 Å². The minimum Gasteiger partial charge on any atom is -0.369 e.